The molecule has 0 aliphatic rings. The largest absolute Gasteiger partial charge is 0.489 e. The molecule has 108 valence electrons. The van der Waals surface area contributed by atoms with Gasteiger partial charge in [0.05, 0.1) is 17.4 Å². The highest BCUT2D eigenvalue weighted by Gasteiger charge is 2.08. The van der Waals surface area contributed by atoms with Crippen molar-refractivity contribution >= 4 is 11.0 Å². The quantitative estimate of drug-likeness (QED) is 0.771. The zero-order valence-corrected chi connectivity index (χ0v) is 12.1. The van der Waals surface area contributed by atoms with Crippen LogP contribution in [0, 0.1) is 5.82 Å². The highest BCUT2D eigenvalue weighted by atomic mass is 19.1. The van der Waals surface area contributed by atoms with Crippen molar-refractivity contribution in [3.05, 3.63) is 59.7 Å². The number of benzene rings is 2. The Morgan fingerprint density at radius 2 is 2.05 bits per heavy atom. The predicted molar refractivity (Wildman–Crippen MR) is 80.9 cm³/mol. The minimum atomic E-state index is -0.184. The first-order chi connectivity index (χ1) is 10.1. The van der Waals surface area contributed by atoms with Gasteiger partial charge in [-0.3, -0.25) is 0 Å². The molecular formula is C17H17FN2O. The fourth-order valence-corrected chi connectivity index (χ4v) is 2.29. The van der Waals surface area contributed by atoms with E-state index in [0.717, 1.165) is 16.6 Å². The Morgan fingerprint density at radius 1 is 1.19 bits per heavy atom. The van der Waals surface area contributed by atoms with Gasteiger partial charge in [0.2, 0.25) is 0 Å². The van der Waals surface area contributed by atoms with Gasteiger partial charge in [0.1, 0.15) is 18.2 Å². The number of hydrogen-bond acceptors (Lipinski definition) is 2. The van der Waals surface area contributed by atoms with Crippen LogP contribution in [-0.4, -0.2) is 9.97 Å². The van der Waals surface area contributed by atoms with Gasteiger partial charge in [-0.15, -0.1) is 0 Å². The number of hydrogen-bond donors (Lipinski definition) is 1. The van der Waals surface area contributed by atoms with E-state index < -0.39 is 0 Å². The maximum Gasteiger partial charge on any atom is 0.126 e. The van der Waals surface area contributed by atoms with E-state index in [-0.39, 0.29) is 11.7 Å². The summed E-state index contributed by atoms with van der Waals surface area (Å²) >= 11 is 0. The number of nitrogens with one attached hydrogen (secondary N) is 1. The minimum Gasteiger partial charge on any atom is -0.489 e. The highest BCUT2D eigenvalue weighted by molar-refractivity contribution is 5.74. The van der Waals surface area contributed by atoms with E-state index >= 15 is 0 Å². The number of nitrogens with zero attached hydrogens (tertiary/aromatic N) is 1. The number of fused-ring (bicyclic) bond motifs is 1. The smallest absolute Gasteiger partial charge is 0.126 e. The summed E-state index contributed by atoms with van der Waals surface area (Å²) in [4.78, 5) is 7.25. The van der Waals surface area contributed by atoms with Crippen LogP contribution in [-0.2, 0) is 6.61 Å². The van der Waals surface area contributed by atoms with E-state index in [1.807, 2.05) is 32.0 Å². The zero-order chi connectivity index (χ0) is 14.8. The SMILES string of the molecule is CC(C)c1cc(OCc2ccc3nc[nH]c3c2)ccc1F. The summed E-state index contributed by atoms with van der Waals surface area (Å²) in [5, 5.41) is 0. The van der Waals surface area contributed by atoms with Crippen LogP contribution in [0.25, 0.3) is 11.0 Å². The lowest BCUT2D eigenvalue weighted by Gasteiger charge is -2.11. The summed E-state index contributed by atoms with van der Waals surface area (Å²) in [7, 11) is 0. The zero-order valence-electron chi connectivity index (χ0n) is 12.1. The van der Waals surface area contributed by atoms with Crippen LogP contribution < -0.4 is 4.74 Å². The Kier molecular flexibility index (Phi) is 3.60. The Morgan fingerprint density at radius 3 is 2.86 bits per heavy atom. The Hall–Kier alpha value is -2.36. The van der Waals surface area contributed by atoms with Crippen LogP contribution in [0.5, 0.6) is 5.75 Å². The molecule has 1 heterocycles. The van der Waals surface area contributed by atoms with E-state index in [0.29, 0.717) is 17.9 Å². The van der Waals surface area contributed by atoms with Crippen molar-refractivity contribution in [1.82, 2.24) is 9.97 Å². The van der Waals surface area contributed by atoms with Crippen molar-refractivity contribution < 1.29 is 9.13 Å². The molecule has 0 bridgehead atoms. The molecule has 0 unspecified atom stereocenters. The highest BCUT2D eigenvalue weighted by Crippen LogP contribution is 2.24. The molecule has 0 amide bonds. The minimum absolute atomic E-state index is 0.134. The molecule has 0 aliphatic heterocycles. The lowest BCUT2D eigenvalue weighted by atomic mass is 10.0. The lowest BCUT2D eigenvalue weighted by Crippen LogP contribution is -1.98. The molecule has 0 atom stereocenters. The van der Waals surface area contributed by atoms with Crippen molar-refractivity contribution in [2.24, 2.45) is 0 Å². The average molecular weight is 284 g/mol. The van der Waals surface area contributed by atoms with E-state index in [9.17, 15) is 4.39 Å². The number of halogens is 1. The number of aromatic nitrogens is 2. The molecule has 1 N–H and O–H groups in total. The normalized spacial score (nSPS) is 11.2. The standard InChI is InChI=1S/C17H17FN2O/c1-11(2)14-8-13(4-5-15(14)18)21-9-12-3-6-16-17(7-12)20-10-19-16/h3-8,10-11H,9H2,1-2H3,(H,19,20). The van der Waals surface area contributed by atoms with Crippen LogP contribution in [0.2, 0.25) is 0 Å². The predicted octanol–water partition coefficient (Wildman–Crippen LogP) is 4.40. The van der Waals surface area contributed by atoms with E-state index in [2.05, 4.69) is 9.97 Å². The molecule has 4 heteroatoms. The van der Waals surface area contributed by atoms with Crippen LogP contribution in [0.1, 0.15) is 30.9 Å². The molecule has 3 nitrogen and oxygen atoms in total. The third-order valence-electron chi connectivity index (χ3n) is 3.48. The second-order valence-electron chi connectivity index (χ2n) is 5.38. The summed E-state index contributed by atoms with van der Waals surface area (Å²) in [6, 6.07) is 10.8. The van der Waals surface area contributed by atoms with Crippen LogP contribution in [0.4, 0.5) is 4.39 Å². The summed E-state index contributed by atoms with van der Waals surface area (Å²) in [5.41, 5.74) is 3.64. The second kappa shape index (κ2) is 5.56. The summed E-state index contributed by atoms with van der Waals surface area (Å²) in [5.74, 6) is 0.635. The van der Waals surface area contributed by atoms with E-state index in [1.54, 1.807) is 18.5 Å². The van der Waals surface area contributed by atoms with Crippen molar-refractivity contribution in [3.8, 4) is 5.75 Å². The number of imidazole rings is 1. The van der Waals surface area contributed by atoms with E-state index in [4.69, 9.17) is 4.74 Å². The molecule has 21 heavy (non-hydrogen) atoms. The molecule has 1 aromatic heterocycles. The molecule has 0 saturated heterocycles. The number of ether oxygens (including phenoxy) is 1. The molecule has 0 saturated carbocycles. The molecule has 3 rings (SSSR count). The van der Waals surface area contributed by atoms with Gasteiger partial charge >= 0.3 is 0 Å². The molecule has 3 aromatic rings. The fraction of sp³-hybridized carbons (Fsp3) is 0.235. The van der Waals surface area contributed by atoms with Crippen molar-refractivity contribution in [3.63, 3.8) is 0 Å². The first-order valence-electron chi connectivity index (χ1n) is 6.98. The third kappa shape index (κ3) is 2.89. The van der Waals surface area contributed by atoms with Gasteiger partial charge < -0.3 is 9.72 Å². The second-order valence-corrected chi connectivity index (χ2v) is 5.38. The molecule has 2 aromatic carbocycles. The van der Waals surface area contributed by atoms with Gasteiger partial charge in [-0.05, 0) is 47.4 Å². The summed E-state index contributed by atoms with van der Waals surface area (Å²) < 4.78 is 19.4. The Balaban J connectivity index is 1.76. The maximum atomic E-state index is 13.7. The summed E-state index contributed by atoms with van der Waals surface area (Å²) in [6.45, 7) is 4.38. The van der Waals surface area contributed by atoms with Crippen LogP contribution in [0.15, 0.2) is 42.7 Å². The molecule has 0 radical (unpaired) electrons. The van der Waals surface area contributed by atoms with E-state index in [1.165, 1.54) is 6.07 Å². The van der Waals surface area contributed by atoms with Crippen LogP contribution in [0.3, 0.4) is 0 Å². The topological polar surface area (TPSA) is 37.9 Å². The molecule has 0 spiro atoms. The fourth-order valence-electron chi connectivity index (χ4n) is 2.29. The van der Waals surface area contributed by atoms with Crippen molar-refractivity contribution in [2.45, 2.75) is 26.4 Å². The number of aromatic amines is 1. The van der Waals surface area contributed by atoms with Gasteiger partial charge in [0, 0.05) is 0 Å². The van der Waals surface area contributed by atoms with Crippen molar-refractivity contribution in [1.29, 1.82) is 0 Å². The lowest BCUT2D eigenvalue weighted by molar-refractivity contribution is 0.305. The van der Waals surface area contributed by atoms with Gasteiger partial charge in [0.25, 0.3) is 0 Å². The van der Waals surface area contributed by atoms with Gasteiger partial charge in [-0.25, -0.2) is 9.37 Å². The Labute approximate surface area is 122 Å². The van der Waals surface area contributed by atoms with Gasteiger partial charge in [0.15, 0.2) is 0 Å². The van der Waals surface area contributed by atoms with Crippen LogP contribution >= 0.6 is 0 Å². The number of H-pyrrole nitrogens is 1. The molecular weight excluding hydrogens is 267 g/mol. The monoisotopic (exact) mass is 284 g/mol. The maximum absolute atomic E-state index is 13.7. The first kappa shape index (κ1) is 13.6. The molecule has 0 aliphatic carbocycles. The van der Waals surface area contributed by atoms with Gasteiger partial charge in [-0.1, -0.05) is 19.9 Å². The number of rotatable bonds is 4. The first-order valence-corrected chi connectivity index (χ1v) is 6.98. The molecule has 0 fully saturated rings. The Bertz CT molecular complexity index is 764. The van der Waals surface area contributed by atoms with Gasteiger partial charge in [-0.2, -0.15) is 0 Å². The third-order valence-corrected chi connectivity index (χ3v) is 3.48. The van der Waals surface area contributed by atoms with Crippen molar-refractivity contribution in [2.75, 3.05) is 0 Å². The average Bonchev–Trinajstić information content (AvgIpc) is 2.93. The summed E-state index contributed by atoms with van der Waals surface area (Å²) in [6.07, 6.45) is 1.67.